The molecule has 0 aliphatic carbocycles. The van der Waals surface area contributed by atoms with Crippen molar-refractivity contribution in [2.24, 2.45) is 0 Å². The molecule has 0 spiro atoms. The van der Waals surface area contributed by atoms with Crippen LogP contribution in [0.5, 0.6) is 0 Å². The first-order chi connectivity index (χ1) is 7.36. The molecule has 0 atom stereocenters. The van der Waals surface area contributed by atoms with Crippen LogP contribution in [0.1, 0.15) is 15.2 Å². The maximum atomic E-state index is 11.6. The lowest BCUT2D eigenvalue weighted by molar-refractivity contribution is 0.0955. The second-order valence-electron chi connectivity index (χ2n) is 3.02. The third kappa shape index (κ3) is 2.63. The molecule has 0 aliphatic rings. The number of pyridine rings is 1. The molecule has 15 heavy (non-hydrogen) atoms. The molecule has 0 aromatic carbocycles. The molecule has 0 unspecified atom stereocenters. The van der Waals surface area contributed by atoms with E-state index in [9.17, 15) is 4.79 Å². The first-order valence-corrected chi connectivity index (χ1v) is 5.45. The van der Waals surface area contributed by atoms with Gasteiger partial charge < -0.3 is 5.32 Å². The van der Waals surface area contributed by atoms with Crippen molar-refractivity contribution < 1.29 is 4.79 Å². The lowest BCUT2D eigenvalue weighted by atomic mass is 10.3. The Labute approximate surface area is 91.8 Å². The molecular formula is C11H10N2OS. The Kier molecular flexibility index (Phi) is 3.09. The zero-order valence-electron chi connectivity index (χ0n) is 8.01. The fraction of sp³-hybridized carbons (Fsp3) is 0.0909. The molecule has 0 radical (unpaired) electrons. The van der Waals surface area contributed by atoms with Crippen LogP contribution < -0.4 is 5.32 Å². The van der Waals surface area contributed by atoms with Gasteiger partial charge in [0.1, 0.15) is 0 Å². The van der Waals surface area contributed by atoms with Crippen LogP contribution in [0.15, 0.2) is 42.0 Å². The monoisotopic (exact) mass is 218 g/mol. The molecular weight excluding hydrogens is 208 g/mol. The van der Waals surface area contributed by atoms with E-state index in [4.69, 9.17) is 0 Å². The van der Waals surface area contributed by atoms with E-state index in [1.165, 1.54) is 11.3 Å². The molecule has 4 heteroatoms. The molecule has 2 heterocycles. The molecule has 76 valence electrons. The van der Waals surface area contributed by atoms with Gasteiger partial charge in [-0.15, -0.1) is 11.3 Å². The Bertz CT molecular complexity index is 425. The number of hydrogen-bond donors (Lipinski definition) is 1. The van der Waals surface area contributed by atoms with Crippen molar-refractivity contribution in [2.45, 2.75) is 6.54 Å². The van der Waals surface area contributed by atoms with Crippen LogP contribution in [-0.4, -0.2) is 10.9 Å². The van der Waals surface area contributed by atoms with E-state index in [2.05, 4.69) is 10.3 Å². The smallest absolute Gasteiger partial charge is 0.261 e. The average Bonchev–Trinajstić information content (AvgIpc) is 2.81. The van der Waals surface area contributed by atoms with Gasteiger partial charge in [0.05, 0.1) is 4.88 Å². The summed E-state index contributed by atoms with van der Waals surface area (Å²) in [6.07, 6.45) is 3.43. The van der Waals surface area contributed by atoms with Gasteiger partial charge in [0.25, 0.3) is 5.91 Å². The van der Waals surface area contributed by atoms with E-state index < -0.39 is 0 Å². The summed E-state index contributed by atoms with van der Waals surface area (Å²) in [5.41, 5.74) is 1.05. The summed E-state index contributed by atoms with van der Waals surface area (Å²) in [5.74, 6) is -0.0261. The molecule has 0 bridgehead atoms. The average molecular weight is 218 g/mol. The Morgan fingerprint density at radius 3 is 2.80 bits per heavy atom. The molecule has 1 amide bonds. The number of nitrogens with one attached hydrogen (secondary N) is 1. The summed E-state index contributed by atoms with van der Waals surface area (Å²) in [4.78, 5) is 16.2. The van der Waals surface area contributed by atoms with Crippen molar-refractivity contribution in [3.8, 4) is 0 Å². The van der Waals surface area contributed by atoms with E-state index in [1.807, 2.05) is 29.6 Å². The normalized spacial score (nSPS) is 9.87. The molecule has 2 rings (SSSR count). The van der Waals surface area contributed by atoms with Gasteiger partial charge in [-0.2, -0.15) is 0 Å². The Balaban J connectivity index is 1.92. The number of rotatable bonds is 3. The van der Waals surface area contributed by atoms with Gasteiger partial charge in [-0.3, -0.25) is 9.78 Å². The molecule has 0 aliphatic heterocycles. The van der Waals surface area contributed by atoms with Crippen molar-refractivity contribution >= 4 is 17.2 Å². The number of thiophene rings is 1. The summed E-state index contributed by atoms with van der Waals surface area (Å²) in [7, 11) is 0. The van der Waals surface area contributed by atoms with Crippen molar-refractivity contribution in [1.29, 1.82) is 0 Å². The highest BCUT2D eigenvalue weighted by Gasteiger charge is 2.04. The first kappa shape index (κ1) is 9.86. The van der Waals surface area contributed by atoms with E-state index in [0.717, 1.165) is 10.4 Å². The predicted molar refractivity (Wildman–Crippen MR) is 59.7 cm³/mol. The molecule has 1 N–H and O–H groups in total. The SMILES string of the molecule is O=C(NCc1ccncc1)c1cccs1. The second-order valence-corrected chi connectivity index (χ2v) is 3.96. The number of nitrogens with zero attached hydrogens (tertiary/aromatic N) is 1. The van der Waals surface area contributed by atoms with E-state index >= 15 is 0 Å². The summed E-state index contributed by atoms with van der Waals surface area (Å²) in [5, 5.41) is 4.74. The van der Waals surface area contributed by atoms with Gasteiger partial charge in [-0.05, 0) is 29.1 Å². The fourth-order valence-electron chi connectivity index (χ4n) is 1.18. The molecule has 2 aromatic rings. The third-order valence-electron chi connectivity index (χ3n) is 1.95. The van der Waals surface area contributed by atoms with E-state index in [0.29, 0.717) is 6.54 Å². The summed E-state index contributed by atoms with van der Waals surface area (Å²) < 4.78 is 0. The Morgan fingerprint density at radius 1 is 1.33 bits per heavy atom. The topological polar surface area (TPSA) is 42.0 Å². The quantitative estimate of drug-likeness (QED) is 0.857. The van der Waals surface area contributed by atoms with E-state index in [1.54, 1.807) is 12.4 Å². The van der Waals surface area contributed by atoms with Crippen molar-refractivity contribution in [2.75, 3.05) is 0 Å². The lowest BCUT2D eigenvalue weighted by Crippen LogP contribution is -2.21. The van der Waals surface area contributed by atoms with E-state index in [-0.39, 0.29) is 5.91 Å². The minimum absolute atomic E-state index is 0.0261. The fourth-order valence-corrected chi connectivity index (χ4v) is 1.82. The molecule has 0 saturated carbocycles. The van der Waals surface area contributed by atoms with Gasteiger partial charge in [0.15, 0.2) is 0 Å². The highest BCUT2D eigenvalue weighted by atomic mass is 32.1. The molecule has 0 saturated heterocycles. The van der Waals surface area contributed by atoms with Crippen molar-refractivity contribution in [3.05, 3.63) is 52.5 Å². The standard InChI is InChI=1S/C11H10N2OS/c14-11(10-2-1-7-15-10)13-8-9-3-5-12-6-4-9/h1-7H,8H2,(H,13,14). The molecule has 0 fully saturated rings. The van der Waals surface area contributed by atoms with Gasteiger partial charge in [0, 0.05) is 18.9 Å². The van der Waals surface area contributed by atoms with Crippen LogP contribution >= 0.6 is 11.3 Å². The Morgan fingerprint density at radius 2 is 2.13 bits per heavy atom. The van der Waals surface area contributed by atoms with Crippen molar-refractivity contribution in [1.82, 2.24) is 10.3 Å². The number of amides is 1. The highest BCUT2D eigenvalue weighted by Crippen LogP contribution is 2.08. The van der Waals surface area contributed by atoms with Crippen LogP contribution in [0.25, 0.3) is 0 Å². The predicted octanol–water partition coefficient (Wildman–Crippen LogP) is 2.07. The third-order valence-corrected chi connectivity index (χ3v) is 2.82. The molecule has 3 nitrogen and oxygen atoms in total. The van der Waals surface area contributed by atoms with Gasteiger partial charge >= 0.3 is 0 Å². The van der Waals surface area contributed by atoms with Crippen LogP contribution in [-0.2, 0) is 6.54 Å². The largest absolute Gasteiger partial charge is 0.347 e. The Hall–Kier alpha value is -1.68. The summed E-state index contributed by atoms with van der Waals surface area (Å²) >= 11 is 1.44. The summed E-state index contributed by atoms with van der Waals surface area (Å²) in [6, 6.07) is 7.45. The van der Waals surface area contributed by atoms with Crippen LogP contribution in [0.2, 0.25) is 0 Å². The minimum Gasteiger partial charge on any atom is -0.347 e. The van der Waals surface area contributed by atoms with Crippen LogP contribution in [0.4, 0.5) is 0 Å². The first-order valence-electron chi connectivity index (χ1n) is 4.57. The van der Waals surface area contributed by atoms with Gasteiger partial charge in [-0.1, -0.05) is 6.07 Å². The molecule has 2 aromatic heterocycles. The maximum absolute atomic E-state index is 11.6. The number of carbonyl (C=O) groups excluding carboxylic acids is 1. The second kappa shape index (κ2) is 4.70. The van der Waals surface area contributed by atoms with Gasteiger partial charge in [-0.25, -0.2) is 0 Å². The van der Waals surface area contributed by atoms with Gasteiger partial charge in [0.2, 0.25) is 0 Å². The number of carbonyl (C=O) groups is 1. The lowest BCUT2D eigenvalue weighted by Gasteiger charge is -2.02. The zero-order valence-corrected chi connectivity index (χ0v) is 8.83. The van der Waals surface area contributed by atoms with Crippen LogP contribution in [0.3, 0.4) is 0 Å². The summed E-state index contributed by atoms with van der Waals surface area (Å²) in [6.45, 7) is 0.541. The van der Waals surface area contributed by atoms with Crippen LogP contribution in [0, 0.1) is 0 Å². The zero-order chi connectivity index (χ0) is 10.5. The number of aromatic nitrogens is 1. The minimum atomic E-state index is -0.0261. The highest BCUT2D eigenvalue weighted by molar-refractivity contribution is 7.12. The van der Waals surface area contributed by atoms with Crippen molar-refractivity contribution in [3.63, 3.8) is 0 Å². The maximum Gasteiger partial charge on any atom is 0.261 e. The number of hydrogen-bond acceptors (Lipinski definition) is 3.